The van der Waals surface area contributed by atoms with E-state index in [0.29, 0.717) is 14.9 Å². The van der Waals surface area contributed by atoms with Crippen molar-refractivity contribution in [1.29, 1.82) is 0 Å². The molecule has 0 aliphatic rings. The summed E-state index contributed by atoms with van der Waals surface area (Å²) in [5, 5.41) is 0. The summed E-state index contributed by atoms with van der Waals surface area (Å²) >= 11 is 0. The smallest absolute Gasteiger partial charge is 0.107 e. The van der Waals surface area contributed by atoms with Crippen molar-refractivity contribution < 1.29 is 13.6 Å². The van der Waals surface area contributed by atoms with Gasteiger partial charge in [-0.1, -0.05) is 108 Å². The Hall–Kier alpha value is 0.720. The second-order valence-corrected chi connectivity index (χ2v) is 13.5. The second kappa shape index (κ2) is 23.9. The van der Waals surface area contributed by atoms with Crippen molar-refractivity contribution in [3.05, 3.63) is 60.8 Å². The van der Waals surface area contributed by atoms with E-state index in [1.165, 1.54) is 0 Å². The van der Waals surface area contributed by atoms with Crippen molar-refractivity contribution in [2.75, 3.05) is 0 Å². The highest BCUT2D eigenvalue weighted by Gasteiger charge is 2.17. The van der Waals surface area contributed by atoms with Gasteiger partial charge in [-0.15, -0.1) is 11.8 Å². The molecule has 9 heteroatoms. The molecule has 0 spiro atoms. The number of hydrogen-bond donors (Lipinski definition) is 0. The summed E-state index contributed by atoms with van der Waals surface area (Å²) in [6, 6.07) is 0. The van der Waals surface area contributed by atoms with E-state index in [1.54, 1.807) is 0 Å². The summed E-state index contributed by atoms with van der Waals surface area (Å²) in [5.41, 5.74) is 0. The maximum atomic E-state index is 5.87. The van der Waals surface area contributed by atoms with Crippen LogP contribution in [0.25, 0.3) is 0 Å². The fourth-order valence-electron chi connectivity index (χ4n) is 2.31. The number of rotatable bonds is 16. The molecule has 0 aliphatic heterocycles. The van der Waals surface area contributed by atoms with Crippen LogP contribution in [0.1, 0.15) is 46.0 Å². The summed E-state index contributed by atoms with van der Waals surface area (Å²) in [6.07, 6.45) is 25.0. The fourth-order valence-corrected chi connectivity index (χ4v) is 4.83. The normalized spacial score (nSPS) is 16.0. The van der Waals surface area contributed by atoms with E-state index in [0.717, 1.165) is 25.7 Å². The average Bonchev–Trinajstić information content (AvgIpc) is 2.74. The van der Waals surface area contributed by atoms with Crippen LogP contribution >= 0.6 is 52.3 Å². The second-order valence-electron chi connectivity index (χ2n) is 6.33. The van der Waals surface area contributed by atoms with Gasteiger partial charge in [0, 0.05) is 30.8 Å². The molecule has 0 heterocycles. The van der Waals surface area contributed by atoms with Crippen molar-refractivity contribution in [2.45, 2.75) is 64.3 Å². The summed E-state index contributed by atoms with van der Waals surface area (Å²) in [5.74, 6) is 6.24. The maximum absolute atomic E-state index is 5.87. The van der Waals surface area contributed by atoms with Crippen LogP contribution in [-0.4, -0.2) is 18.3 Å². The molecule has 0 radical (unpaired) electrons. The Morgan fingerprint density at radius 1 is 0.968 bits per heavy atom. The lowest BCUT2D eigenvalue weighted by molar-refractivity contribution is 0.116. The molecule has 0 aliphatic carbocycles. The third kappa shape index (κ3) is 19.9. The zero-order valence-electron chi connectivity index (χ0n) is 18.5. The lowest BCUT2D eigenvalue weighted by atomic mass is 10.1. The number of hydrogen-bond acceptors (Lipinski definition) is 3. The summed E-state index contributed by atoms with van der Waals surface area (Å²) < 4.78 is 17.3. The van der Waals surface area contributed by atoms with Crippen LogP contribution in [0.15, 0.2) is 60.8 Å². The third-order valence-electron chi connectivity index (χ3n) is 3.78. The molecule has 174 valence electrons. The van der Waals surface area contributed by atoms with Gasteiger partial charge < -0.3 is 13.6 Å². The Bertz CT molecular complexity index is 635. The molecule has 3 nitrogen and oxygen atoms in total. The first-order valence-corrected chi connectivity index (χ1v) is 18.0. The topological polar surface area (TPSA) is 27.7 Å². The van der Waals surface area contributed by atoms with Crippen molar-refractivity contribution in [3.8, 4) is 11.8 Å². The molecule has 0 N–H and O–H groups in total. The molecule has 0 fully saturated rings. The van der Waals surface area contributed by atoms with Crippen LogP contribution in [0.2, 0.25) is 0 Å². The van der Waals surface area contributed by atoms with E-state index in [4.69, 9.17) is 13.6 Å². The first kappa shape index (κ1) is 31.7. The van der Waals surface area contributed by atoms with Crippen LogP contribution in [0.3, 0.4) is 0 Å². The molecule has 8 atom stereocenters. The zero-order chi connectivity index (χ0) is 23.2. The monoisotopic (exact) mass is 536 g/mol. The molecular formula is C22H38O3P6. The van der Waals surface area contributed by atoms with Gasteiger partial charge in [0.05, 0.1) is 19.7 Å². The first-order valence-electron chi connectivity index (χ1n) is 10.3. The SMILES string of the molecule is CCC#CCC(/C=C/C=C\C=C\C=C\C(OPP)C(C/C=C\CCC)OP)OP(P)P. The molecular weight excluding hydrogens is 498 g/mol. The Morgan fingerprint density at radius 3 is 2.23 bits per heavy atom. The van der Waals surface area contributed by atoms with Crippen LogP contribution in [0, 0.1) is 11.8 Å². The molecule has 31 heavy (non-hydrogen) atoms. The Balaban J connectivity index is 4.71. The van der Waals surface area contributed by atoms with E-state index in [1.807, 2.05) is 48.6 Å². The summed E-state index contributed by atoms with van der Waals surface area (Å²) in [6.45, 7) is 4.23. The van der Waals surface area contributed by atoms with Crippen LogP contribution in [0.4, 0.5) is 0 Å². The Kier molecular flexibility index (Phi) is 24.4. The lowest BCUT2D eigenvalue weighted by Gasteiger charge is -2.21. The van der Waals surface area contributed by atoms with Gasteiger partial charge in [0.2, 0.25) is 0 Å². The van der Waals surface area contributed by atoms with Crippen molar-refractivity contribution in [1.82, 2.24) is 0 Å². The van der Waals surface area contributed by atoms with Crippen molar-refractivity contribution in [2.24, 2.45) is 0 Å². The molecule has 0 bridgehead atoms. The molecule has 0 saturated carbocycles. The van der Waals surface area contributed by atoms with Gasteiger partial charge in [0.25, 0.3) is 0 Å². The highest BCUT2D eigenvalue weighted by atomic mass is 32.4. The third-order valence-corrected chi connectivity index (χ3v) is 6.19. The molecule has 0 saturated heterocycles. The minimum Gasteiger partial charge on any atom is -0.359 e. The van der Waals surface area contributed by atoms with Crippen molar-refractivity contribution >= 4 is 52.3 Å². The lowest BCUT2D eigenvalue weighted by Crippen LogP contribution is -2.24. The summed E-state index contributed by atoms with van der Waals surface area (Å²) in [7, 11) is 10.1. The first-order chi connectivity index (χ1) is 15.1. The predicted octanol–water partition coefficient (Wildman–Crippen LogP) is 8.07. The standard InChI is InChI=1S/C22H38O3P6/c1-3-5-7-14-18-21(23-26)22(24-30-27)19-15-11-9-8-10-13-17-20(25-31(28)29)16-12-6-4-2/h7-11,13-15,17,19-22,30H,3-5,16,18,26-29H2,1-2H3/b10-8-,11-9+,14-7-,17-13+,19-15+. The van der Waals surface area contributed by atoms with Crippen LogP contribution in [-0.2, 0) is 13.6 Å². The Labute approximate surface area is 202 Å². The Morgan fingerprint density at radius 2 is 1.65 bits per heavy atom. The summed E-state index contributed by atoms with van der Waals surface area (Å²) in [4.78, 5) is 0. The van der Waals surface area contributed by atoms with E-state index in [2.05, 4.69) is 74.1 Å². The molecule has 0 rings (SSSR count). The van der Waals surface area contributed by atoms with Crippen LogP contribution < -0.4 is 0 Å². The van der Waals surface area contributed by atoms with E-state index in [-0.39, 0.29) is 18.3 Å². The molecule has 0 aromatic carbocycles. The molecule has 8 unspecified atom stereocenters. The number of allylic oxidation sites excluding steroid dienone is 7. The minimum atomic E-state index is -0.578. The van der Waals surface area contributed by atoms with E-state index < -0.39 is 7.53 Å². The van der Waals surface area contributed by atoms with Gasteiger partial charge in [-0.2, -0.15) is 0 Å². The zero-order valence-corrected chi connectivity index (χ0v) is 25.0. The molecule has 0 aromatic rings. The van der Waals surface area contributed by atoms with Gasteiger partial charge in [-0.25, -0.2) is 0 Å². The van der Waals surface area contributed by atoms with E-state index >= 15 is 0 Å². The van der Waals surface area contributed by atoms with E-state index in [9.17, 15) is 0 Å². The molecule has 0 aromatic heterocycles. The highest BCUT2D eigenvalue weighted by molar-refractivity contribution is 8.41. The van der Waals surface area contributed by atoms with Crippen LogP contribution in [0.5, 0.6) is 0 Å². The fraction of sp³-hybridized carbons (Fsp3) is 0.455. The average molecular weight is 536 g/mol. The highest BCUT2D eigenvalue weighted by Crippen LogP contribution is 2.54. The largest absolute Gasteiger partial charge is 0.359 e. The van der Waals surface area contributed by atoms with Crippen molar-refractivity contribution in [3.63, 3.8) is 0 Å². The van der Waals surface area contributed by atoms with Gasteiger partial charge in [0.1, 0.15) is 6.10 Å². The van der Waals surface area contributed by atoms with Gasteiger partial charge in [0.15, 0.2) is 0 Å². The quantitative estimate of drug-likeness (QED) is 0.0865. The van der Waals surface area contributed by atoms with Gasteiger partial charge >= 0.3 is 0 Å². The van der Waals surface area contributed by atoms with Gasteiger partial charge in [-0.3, -0.25) is 0 Å². The maximum Gasteiger partial charge on any atom is 0.107 e. The minimum absolute atomic E-state index is 0.00886. The van der Waals surface area contributed by atoms with Gasteiger partial charge in [-0.05, 0) is 12.8 Å². The number of unbranched alkanes of at least 4 members (excludes halogenated alkanes) is 1. The predicted molar refractivity (Wildman–Crippen MR) is 157 cm³/mol. The molecule has 0 amide bonds.